The minimum Gasteiger partial charge on any atom is -0.396 e. The molecule has 2 heterocycles. The lowest BCUT2D eigenvalue weighted by Crippen LogP contribution is -2.50. The van der Waals surface area contributed by atoms with Crippen LogP contribution in [0.3, 0.4) is 0 Å². The monoisotopic (exact) mass is 350 g/mol. The van der Waals surface area contributed by atoms with Gasteiger partial charge in [-0.05, 0) is 37.6 Å². The number of nitrogens with zero attached hydrogens (tertiary/aromatic N) is 1. The summed E-state index contributed by atoms with van der Waals surface area (Å²) < 4.78 is 6.29. The van der Waals surface area contributed by atoms with Crippen LogP contribution in [0.1, 0.15) is 11.3 Å². The Bertz CT molecular complexity index is 678. The first-order valence-corrected chi connectivity index (χ1v) is 7.83. The molecule has 0 spiro atoms. The smallest absolute Gasteiger partial charge is 0.0726 e. The number of fused-ring (bicyclic) bond motifs is 1. The summed E-state index contributed by atoms with van der Waals surface area (Å²) in [5.74, 6) is 0. The highest BCUT2D eigenvalue weighted by Crippen LogP contribution is 2.33. The van der Waals surface area contributed by atoms with Crippen molar-refractivity contribution in [3.8, 4) is 0 Å². The van der Waals surface area contributed by atoms with Crippen molar-refractivity contribution in [3.63, 3.8) is 0 Å². The zero-order valence-electron chi connectivity index (χ0n) is 12.2. The van der Waals surface area contributed by atoms with E-state index < -0.39 is 0 Å². The van der Waals surface area contributed by atoms with Gasteiger partial charge >= 0.3 is 0 Å². The minimum absolute atomic E-state index is 0.144. The second kappa shape index (κ2) is 5.55. The number of nitrogens with one attached hydrogen (secondary N) is 1. The van der Waals surface area contributed by atoms with Crippen molar-refractivity contribution in [1.82, 2.24) is 4.98 Å². The van der Waals surface area contributed by atoms with Crippen molar-refractivity contribution >= 4 is 32.5 Å². The van der Waals surface area contributed by atoms with Crippen molar-refractivity contribution in [3.05, 3.63) is 33.9 Å². The third kappa shape index (κ3) is 2.65. The van der Waals surface area contributed by atoms with E-state index in [1.807, 2.05) is 19.1 Å². The zero-order chi connectivity index (χ0) is 15.0. The molecule has 2 N–H and O–H groups in total. The normalized spacial score (nSPS) is 16.8. The van der Waals surface area contributed by atoms with Crippen molar-refractivity contribution < 1.29 is 9.84 Å². The molecule has 1 aliphatic heterocycles. The van der Waals surface area contributed by atoms with Crippen molar-refractivity contribution in [1.29, 1.82) is 0 Å². The van der Waals surface area contributed by atoms with Gasteiger partial charge in [-0.3, -0.25) is 4.98 Å². The largest absolute Gasteiger partial charge is 0.396 e. The van der Waals surface area contributed by atoms with Gasteiger partial charge in [-0.15, -0.1) is 0 Å². The summed E-state index contributed by atoms with van der Waals surface area (Å²) in [6, 6.07) is 6.11. The standard InChI is InChI=1S/C16H19BrN2O2/c1-10-11(2)19-14-4-3-12(17)5-13(14)15(10)18-6-16(7-20)8-21-9-16/h3-5,20H,6-9H2,1-2H3,(H,18,19). The molecule has 1 aliphatic rings. The Morgan fingerprint density at radius 2 is 2.14 bits per heavy atom. The van der Waals surface area contributed by atoms with E-state index in [1.54, 1.807) is 0 Å². The van der Waals surface area contributed by atoms with Crippen LogP contribution in [0.5, 0.6) is 0 Å². The van der Waals surface area contributed by atoms with E-state index in [4.69, 9.17) is 4.74 Å². The number of ether oxygens (including phenoxy) is 1. The number of aromatic nitrogens is 1. The average molecular weight is 351 g/mol. The Balaban J connectivity index is 1.99. The summed E-state index contributed by atoms with van der Waals surface area (Å²) in [4.78, 5) is 4.64. The number of pyridine rings is 1. The molecule has 5 heteroatoms. The van der Waals surface area contributed by atoms with Crippen LogP contribution in [0, 0.1) is 19.3 Å². The molecule has 0 aliphatic carbocycles. The first-order valence-electron chi connectivity index (χ1n) is 7.04. The van der Waals surface area contributed by atoms with Gasteiger partial charge in [0.15, 0.2) is 0 Å². The van der Waals surface area contributed by atoms with Crippen LogP contribution in [0.25, 0.3) is 10.9 Å². The molecule has 0 atom stereocenters. The van der Waals surface area contributed by atoms with Gasteiger partial charge in [-0.2, -0.15) is 0 Å². The van der Waals surface area contributed by atoms with Gasteiger partial charge in [0.25, 0.3) is 0 Å². The van der Waals surface area contributed by atoms with E-state index in [2.05, 4.69) is 39.2 Å². The van der Waals surface area contributed by atoms with Gasteiger partial charge in [0, 0.05) is 27.8 Å². The molecule has 1 fully saturated rings. The second-order valence-electron chi connectivity index (χ2n) is 5.86. The maximum atomic E-state index is 9.56. The van der Waals surface area contributed by atoms with Crippen LogP contribution in [-0.2, 0) is 4.74 Å². The van der Waals surface area contributed by atoms with Crippen LogP contribution in [0.2, 0.25) is 0 Å². The highest BCUT2D eigenvalue weighted by Gasteiger charge is 2.38. The van der Waals surface area contributed by atoms with Gasteiger partial charge in [-0.1, -0.05) is 15.9 Å². The van der Waals surface area contributed by atoms with Gasteiger partial charge in [0.1, 0.15) is 0 Å². The molecule has 21 heavy (non-hydrogen) atoms. The molecule has 0 unspecified atom stereocenters. The summed E-state index contributed by atoms with van der Waals surface area (Å²) in [7, 11) is 0. The SMILES string of the molecule is Cc1nc2ccc(Br)cc2c(NCC2(CO)COC2)c1C. The van der Waals surface area contributed by atoms with E-state index >= 15 is 0 Å². The van der Waals surface area contributed by atoms with Crippen molar-refractivity contribution in [2.45, 2.75) is 13.8 Å². The van der Waals surface area contributed by atoms with Crippen LogP contribution < -0.4 is 5.32 Å². The molecule has 0 radical (unpaired) electrons. The van der Waals surface area contributed by atoms with E-state index in [9.17, 15) is 5.11 Å². The molecular weight excluding hydrogens is 332 g/mol. The highest BCUT2D eigenvalue weighted by molar-refractivity contribution is 9.10. The maximum Gasteiger partial charge on any atom is 0.0726 e. The fourth-order valence-corrected chi connectivity index (χ4v) is 2.96. The first kappa shape index (κ1) is 14.8. The molecule has 1 saturated heterocycles. The number of aliphatic hydroxyl groups is 1. The fraction of sp³-hybridized carbons (Fsp3) is 0.438. The molecule has 0 bridgehead atoms. The van der Waals surface area contributed by atoms with Crippen molar-refractivity contribution in [2.75, 3.05) is 31.7 Å². The molecule has 3 rings (SSSR count). The van der Waals surface area contributed by atoms with Gasteiger partial charge in [0.05, 0.1) is 30.8 Å². The van der Waals surface area contributed by atoms with Gasteiger partial charge < -0.3 is 15.2 Å². The number of benzene rings is 1. The van der Waals surface area contributed by atoms with Crippen LogP contribution in [0.4, 0.5) is 5.69 Å². The number of halogens is 1. The maximum absolute atomic E-state index is 9.56. The van der Waals surface area contributed by atoms with Gasteiger partial charge in [0.2, 0.25) is 0 Å². The number of aliphatic hydroxyl groups excluding tert-OH is 1. The Hall–Kier alpha value is -1.17. The predicted molar refractivity (Wildman–Crippen MR) is 87.7 cm³/mol. The molecule has 2 aromatic rings. The topological polar surface area (TPSA) is 54.4 Å². The summed E-state index contributed by atoms with van der Waals surface area (Å²) in [5.41, 5.74) is 4.09. The lowest BCUT2D eigenvalue weighted by atomic mass is 9.87. The first-order chi connectivity index (χ1) is 10.0. The second-order valence-corrected chi connectivity index (χ2v) is 6.78. The van der Waals surface area contributed by atoms with E-state index in [0.29, 0.717) is 19.8 Å². The third-order valence-electron chi connectivity index (χ3n) is 4.23. The lowest BCUT2D eigenvalue weighted by molar-refractivity contribution is -0.128. The molecule has 0 saturated carbocycles. The number of rotatable bonds is 4. The summed E-state index contributed by atoms with van der Waals surface area (Å²) in [6.07, 6.45) is 0. The minimum atomic E-state index is -0.151. The Morgan fingerprint density at radius 3 is 2.76 bits per heavy atom. The van der Waals surface area contributed by atoms with E-state index in [1.165, 1.54) is 0 Å². The quantitative estimate of drug-likeness (QED) is 0.889. The summed E-state index contributed by atoms with van der Waals surface area (Å²) in [5, 5.41) is 14.2. The molecule has 4 nitrogen and oxygen atoms in total. The Kier molecular flexibility index (Phi) is 3.90. The fourth-order valence-electron chi connectivity index (χ4n) is 2.60. The van der Waals surface area contributed by atoms with Crippen LogP contribution in [0.15, 0.2) is 22.7 Å². The summed E-state index contributed by atoms with van der Waals surface area (Å²) in [6.45, 7) is 6.17. The third-order valence-corrected chi connectivity index (χ3v) is 4.72. The summed E-state index contributed by atoms with van der Waals surface area (Å²) >= 11 is 3.52. The lowest BCUT2D eigenvalue weighted by Gasteiger charge is -2.40. The van der Waals surface area contributed by atoms with E-state index in [0.717, 1.165) is 32.3 Å². The molecule has 0 amide bonds. The number of anilines is 1. The Morgan fingerprint density at radius 1 is 1.38 bits per heavy atom. The molecule has 1 aromatic heterocycles. The highest BCUT2D eigenvalue weighted by atomic mass is 79.9. The van der Waals surface area contributed by atoms with E-state index in [-0.39, 0.29) is 12.0 Å². The number of hydrogen-bond donors (Lipinski definition) is 2. The number of hydrogen-bond acceptors (Lipinski definition) is 4. The zero-order valence-corrected chi connectivity index (χ0v) is 13.8. The molecule has 112 valence electrons. The average Bonchev–Trinajstić information content (AvgIpc) is 2.42. The molecule has 1 aromatic carbocycles. The predicted octanol–water partition coefficient (Wildman–Crippen LogP) is 3.03. The van der Waals surface area contributed by atoms with Crippen molar-refractivity contribution in [2.24, 2.45) is 5.41 Å². The van der Waals surface area contributed by atoms with Crippen LogP contribution >= 0.6 is 15.9 Å². The molecular formula is C16H19BrN2O2. The van der Waals surface area contributed by atoms with Crippen LogP contribution in [-0.4, -0.2) is 36.5 Å². The van der Waals surface area contributed by atoms with Gasteiger partial charge in [-0.25, -0.2) is 0 Å². The number of aryl methyl sites for hydroxylation is 1. The Labute approximate surface area is 132 Å².